The van der Waals surface area contributed by atoms with E-state index in [1.165, 1.54) is 0 Å². The van der Waals surface area contributed by atoms with Crippen LogP contribution in [0.4, 0.5) is 0 Å². The van der Waals surface area contributed by atoms with Crippen LogP contribution < -0.4 is 17.0 Å². The van der Waals surface area contributed by atoms with E-state index in [0.29, 0.717) is 5.76 Å². The van der Waals surface area contributed by atoms with Gasteiger partial charge in [0.1, 0.15) is 5.76 Å². The van der Waals surface area contributed by atoms with Crippen LogP contribution in [-0.4, -0.2) is 16.9 Å². The number of hydrazine groups is 1. The highest BCUT2D eigenvalue weighted by Crippen LogP contribution is 2.24. The third-order valence-corrected chi connectivity index (χ3v) is 2.88. The third kappa shape index (κ3) is 4.75. The number of carbonyl (C=O) groups is 1. The Balaban J connectivity index is 2.90. The summed E-state index contributed by atoms with van der Waals surface area (Å²) >= 11 is 3.51. The maximum absolute atomic E-state index is 11.5. The van der Waals surface area contributed by atoms with E-state index in [1.54, 1.807) is 19.1 Å². The average Bonchev–Trinajstić information content (AvgIpc) is 2.56. The van der Waals surface area contributed by atoms with Crippen molar-refractivity contribution in [3.05, 3.63) is 47.7 Å². The van der Waals surface area contributed by atoms with E-state index in [2.05, 4.69) is 21.4 Å². The number of allylic oxidation sites excluding steroid dienone is 5. The van der Waals surface area contributed by atoms with Gasteiger partial charge in [0.25, 0.3) is 0 Å². The third-order valence-electron chi connectivity index (χ3n) is 2.35. The summed E-state index contributed by atoms with van der Waals surface area (Å²) in [6.45, 7) is 3.87. The quantitative estimate of drug-likeness (QED) is 0.174. The standard InChI is InChI=1S/C13H18BrN3O3/c1-3-19-12(18)10(15)11(17-16)20-9-5-4-7-13(2,14)8-6-9/h4-8,17H,3,15-16H2,1-2H3/b11-10+. The SMILES string of the molecule is CCOC(=O)/C(N)=C(/NN)OC1=CC=CC(C)(Br)C=C1. The van der Waals surface area contributed by atoms with E-state index in [9.17, 15) is 4.79 Å². The van der Waals surface area contributed by atoms with Crippen molar-refractivity contribution in [3.63, 3.8) is 0 Å². The molecular formula is C13H18BrN3O3. The molecule has 1 unspecified atom stereocenters. The summed E-state index contributed by atoms with van der Waals surface area (Å²) in [5.41, 5.74) is 7.65. The van der Waals surface area contributed by atoms with Gasteiger partial charge in [-0.05, 0) is 26.0 Å². The van der Waals surface area contributed by atoms with Crippen molar-refractivity contribution < 1.29 is 14.3 Å². The van der Waals surface area contributed by atoms with Crippen molar-refractivity contribution >= 4 is 21.9 Å². The molecule has 0 amide bonds. The van der Waals surface area contributed by atoms with Gasteiger partial charge in [0.05, 0.1) is 10.9 Å². The molecule has 0 aromatic heterocycles. The average molecular weight is 344 g/mol. The number of ether oxygens (including phenoxy) is 2. The van der Waals surface area contributed by atoms with Gasteiger partial charge < -0.3 is 15.2 Å². The molecule has 20 heavy (non-hydrogen) atoms. The van der Waals surface area contributed by atoms with Gasteiger partial charge >= 0.3 is 5.97 Å². The van der Waals surface area contributed by atoms with E-state index < -0.39 is 5.97 Å². The lowest BCUT2D eigenvalue weighted by atomic mass is 10.1. The fraction of sp³-hybridized carbons (Fsp3) is 0.308. The van der Waals surface area contributed by atoms with Gasteiger partial charge in [-0.3, -0.25) is 5.43 Å². The molecule has 0 heterocycles. The van der Waals surface area contributed by atoms with E-state index in [-0.39, 0.29) is 22.5 Å². The summed E-state index contributed by atoms with van der Waals surface area (Å²) in [5.74, 6) is 5.04. The van der Waals surface area contributed by atoms with Crippen LogP contribution in [0, 0.1) is 0 Å². The molecule has 1 aliphatic carbocycles. The summed E-state index contributed by atoms with van der Waals surface area (Å²) in [7, 11) is 0. The predicted molar refractivity (Wildman–Crippen MR) is 79.9 cm³/mol. The number of esters is 1. The molecule has 0 saturated carbocycles. The van der Waals surface area contributed by atoms with E-state index in [0.717, 1.165) is 0 Å². The summed E-state index contributed by atoms with van der Waals surface area (Å²) in [6, 6.07) is 0. The normalized spacial score (nSPS) is 22.5. The van der Waals surface area contributed by atoms with Gasteiger partial charge in [-0.2, -0.15) is 0 Å². The second kappa shape index (κ2) is 7.16. The van der Waals surface area contributed by atoms with Crippen molar-refractivity contribution in [2.45, 2.75) is 18.2 Å². The maximum Gasteiger partial charge on any atom is 0.359 e. The topological polar surface area (TPSA) is 99.6 Å². The summed E-state index contributed by atoms with van der Waals surface area (Å²) < 4.78 is 9.98. The molecule has 0 spiro atoms. The molecule has 0 radical (unpaired) electrons. The Bertz CT molecular complexity index is 493. The van der Waals surface area contributed by atoms with Crippen LogP contribution in [0.5, 0.6) is 0 Å². The zero-order valence-corrected chi connectivity index (χ0v) is 12.9. The highest BCUT2D eigenvalue weighted by molar-refractivity contribution is 9.10. The van der Waals surface area contributed by atoms with Crippen molar-refractivity contribution in [3.8, 4) is 0 Å². The van der Waals surface area contributed by atoms with Crippen LogP contribution in [0.15, 0.2) is 47.7 Å². The number of hydrogen-bond acceptors (Lipinski definition) is 6. The fourth-order valence-corrected chi connectivity index (χ4v) is 1.62. The molecule has 0 fully saturated rings. The van der Waals surface area contributed by atoms with Crippen molar-refractivity contribution in [2.75, 3.05) is 6.61 Å². The highest BCUT2D eigenvalue weighted by Gasteiger charge is 2.17. The highest BCUT2D eigenvalue weighted by atomic mass is 79.9. The van der Waals surface area contributed by atoms with Crippen molar-refractivity contribution in [1.29, 1.82) is 0 Å². The van der Waals surface area contributed by atoms with Gasteiger partial charge in [0.2, 0.25) is 5.88 Å². The lowest BCUT2D eigenvalue weighted by molar-refractivity contribution is -0.138. The second-order valence-corrected chi connectivity index (χ2v) is 5.83. The number of rotatable bonds is 5. The van der Waals surface area contributed by atoms with Gasteiger partial charge in [0.15, 0.2) is 5.70 Å². The molecule has 110 valence electrons. The molecule has 0 bridgehead atoms. The molecule has 5 N–H and O–H groups in total. The lowest BCUT2D eigenvalue weighted by Crippen LogP contribution is -2.30. The summed E-state index contributed by atoms with van der Waals surface area (Å²) in [5, 5.41) is 0. The van der Waals surface area contributed by atoms with E-state index in [1.807, 2.05) is 25.2 Å². The number of nitrogens with one attached hydrogen (secondary N) is 1. The Kier molecular flexibility index (Phi) is 5.84. The van der Waals surface area contributed by atoms with E-state index in [4.69, 9.17) is 21.1 Å². The Hall–Kier alpha value is -1.73. The predicted octanol–water partition coefficient (Wildman–Crippen LogP) is 1.32. The first-order chi connectivity index (χ1) is 9.39. The number of nitrogens with two attached hydrogens (primary N) is 2. The van der Waals surface area contributed by atoms with Crippen LogP contribution in [0.3, 0.4) is 0 Å². The van der Waals surface area contributed by atoms with Crippen LogP contribution in [0.25, 0.3) is 0 Å². The number of alkyl halides is 1. The lowest BCUT2D eigenvalue weighted by Gasteiger charge is -2.13. The zero-order valence-electron chi connectivity index (χ0n) is 11.4. The van der Waals surface area contributed by atoms with Gasteiger partial charge in [-0.25, -0.2) is 10.6 Å². The number of hydrogen-bond donors (Lipinski definition) is 3. The van der Waals surface area contributed by atoms with Crippen LogP contribution in [0.2, 0.25) is 0 Å². The largest absolute Gasteiger partial charge is 0.461 e. The van der Waals surface area contributed by atoms with Crippen LogP contribution in [-0.2, 0) is 14.3 Å². The minimum absolute atomic E-state index is 0.0640. The summed E-state index contributed by atoms with van der Waals surface area (Å²) in [6.07, 6.45) is 9.10. The molecule has 0 aliphatic heterocycles. The van der Waals surface area contributed by atoms with Gasteiger partial charge in [0, 0.05) is 0 Å². The molecular weight excluding hydrogens is 326 g/mol. The monoisotopic (exact) mass is 343 g/mol. The van der Waals surface area contributed by atoms with E-state index >= 15 is 0 Å². The van der Waals surface area contributed by atoms with Gasteiger partial charge in [-0.1, -0.05) is 34.2 Å². The molecule has 0 saturated heterocycles. The number of carbonyl (C=O) groups excluding carboxylic acids is 1. The first kappa shape index (κ1) is 16.3. The summed E-state index contributed by atoms with van der Waals surface area (Å²) in [4.78, 5) is 11.5. The zero-order chi connectivity index (χ0) is 15.2. The second-order valence-electron chi connectivity index (χ2n) is 4.12. The van der Waals surface area contributed by atoms with Crippen LogP contribution in [0.1, 0.15) is 13.8 Å². The molecule has 0 aromatic rings. The van der Waals surface area contributed by atoms with Crippen LogP contribution >= 0.6 is 15.9 Å². The van der Waals surface area contributed by atoms with Crippen molar-refractivity contribution in [1.82, 2.24) is 5.43 Å². The Morgan fingerprint density at radius 2 is 2.20 bits per heavy atom. The first-order valence-electron chi connectivity index (χ1n) is 5.98. The fourth-order valence-electron chi connectivity index (χ4n) is 1.34. The molecule has 1 aliphatic rings. The first-order valence-corrected chi connectivity index (χ1v) is 6.78. The Morgan fingerprint density at radius 1 is 1.50 bits per heavy atom. The van der Waals surface area contributed by atoms with Crippen molar-refractivity contribution in [2.24, 2.45) is 11.6 Å². The minimum atomic E-state index is -0.695. The number of halogens is 1. The molecule has 7 heteroatoms. The molecule has 1 atom stereocenters. The maximum atomic E-state index is 11.5. The molecule has 1 rings (SSSR count). The van der Waals surface area contributed by atoms with Gasteiger partial charge in [-0.15, -0.1) is 0 Å². The molecule has 6 nitrogen and oxygen atoms in total. The minimum Gasteiger partial charge on any atom is -0.461 e. The Morgan fingerprint density at radius 3 is 2.80 bits per heavy atom. The smallest absolute Gasteiger partial charge is 0.359 e. The Labute approximate surface area is 126 Å². The molecule has 0 aromatic carbocycles.